The minimum absolute atomic E-state index is 0.133. The van der Waals surface area contributed by atoms with E-state index in [1.54, 1.807) is 16.7 Å². The number of carbonyl (C=O) groups is 2. The molecule has 0 aromatic carbocycles. The van der Waals surface area contributed by atoms with Gasteiger partial charge in [0, 0.05) is 18.0 Å². The van der Waals surface area contributed by atoms with E-state index in [0.717, 1.165) is 0 Å². The molecule has 0 aliphatic carbocycles. The van der Waals surface area contributed by atoms with Crippen molar-refractivity contribution in [3.8, 4) is 0 Å². The Morgan fingerprint density at radius 2 is 2.04 bits per heavy atom. The van der Waals surface area contributed by atoms with Crippen molar-refractivity contribution < 1.29 is 23.8 Å². The van der Waals surface area contributed by atoms with Crippen LogP contribution in [-0.4, -0.2) is 59.0 Å². The Balaban J connectivity index is 2.27. The Labute approximate surface area is 172 Å². The number of rotatable bonds is 8. The zero-order chi connectivity index (χ0) is 19.5. The molecule has 0 aromatic rings. The molecule has 0 saturated carbocycles. The standard InChI is InChI=1S/C18H24INO5S/c1-6-9-25-16(22)13-18(4,5)26-15-11(14(21)20(13)15)10-12(19)17(23-7-2)24-8-3/h6,13,15,17H,1,7-9H2,2-5H3/t10?,13-,15+/m0/s1. The fraction of sp³-hybridized carbons (Fsp3) is 0.611. The van der Waals surface area contributed by atoms with E-state index < -0.39 is 23.0 Å². The Morgan fingerprint density at radius 1 is 1.42 bits per heavy atom. The summed E-state index contributed by atoms with van der Waals surface area (Å²) in [5.41, 5.74) is 3.68. The van der Waals surface area contributed by atoms with Crippen LogP contribution in [0.25, 0.3) is 0 Å². The van der Waals surface area contributed by atoms with Gasteiger partial charge < -0.3 is 19.1 Å². The van der Waals surface area contributed by atoms with Crippen LogP contribution in [-0.2, 0) is 23.8 Å². The number of β-lactam (4-membered cyclic amide) rings is 1. The smallest absolute Gasteiger partial charge is 0.330 e. The maximum Gasteiger partial charge on any atom is 0.330 e. The Bertz CT molecular complexity index is 650. The van der Waals surface area contributed by atoms with Crippen LogP contribution >= 0.6 is 34.4 Å². The molecular weight excluding hydrogens is 469 g/mol. The van der Waals surface area contributed by atoms with Gasteiger partial charge >= 0.3 is 5.97 Å². The van der Waals surface area contributed by atoms with Crippen molar-refractivity contribution in [3.63, 3.8) is 0 Å². The molecule has 0 spiro atoms. The number of amides is 1. The lowest BCUT2D eigenvalue weighted by molar-refractivity contribution is -0.156. The fourth-order valence-corrected chi connectivity index (χ4v) is 5.07. The van der Waals surface area contributed by atoms with Crippen LogP contribution in [0.3, 0.4) is 0 Å². The van der Waals surface area contributed by atoms with Crippen LogP contribution < -0.4 is 0 Å². The molecule has 2 saturated heterocycles. The van der Waals surface area contributed by atoms with Crippen molar-refractivity contribution in [2.24, 2.45) is 0 Å². The number of fused-ring (bicyclic) bond motifs is 1. The second-order valence-corrected chi connectivity index (χ2v) is 9.13. The molecule has 144 valence electrons. The molecule has 6 nitrogen and oxygen atoms in total. The van der Waals surface area contributed by atoms with E-state index >= 15 is 0 Å². The molecule has 1 amide bonds. The van der Waals surface area contributed by atoms with E-state index in [2.05, 4.69) is 34.9 Å². The molecular formula is C18H24INO5S. The molecule has 2 heterocycles. The highest BCUT2D eigenvalue weighted by Crippen LogP contribution is 2.53. The minimum atomic E-state index is -0.622. The van der Waals surface area contributed by atoms with Gasteiger partial charge in [-0.15, -0.1) is 11.8 Å². The SMILES string of the molecule is C=CCOC(=O)[C@@H]1N2C(=O)C(=C=C(I)C(OCC)OCC)[C@H]2SC1(C)C. The quantitative estimate of drug-likeness (QED) is 0.0986. The summed E-state index contributed by atoms with van der Waals surface area (Å²) in [6.07, 6.45) is 0.980. The van der Waals surface area contributed by atoms with Crippen LogP contribution in [0.5, 0.6) is 0 Å². The normalized spacial score (nSPS) is 23.4. The predicted molar refractivity (Wildman–Crippen MR) is 109 cm³/mol. The van der Waals surface area contributed by atoms with Gasteiger partial charge in [0.05, 0.1) is 9.15 Å². The Kier molecular flexibility index (Phi) is 7.38. The van der Waals surface area contributed by atoms with Gasteiger partial charge in [-0.05, 0) is 50.3 Å². The van der Waals surface area contributed by atoms with E-state index in [1.807, 2.05) is 27.7 Å². The summed E-state index contributed by atoms with van der Waals surface area (Å²) in [5, 5.41) is -0.215. The van der Waals surface area contributed by atoms with Crippen molar-refractivity contribution in [1.82, 2.24) is 4.90 Å². The van der Waals surface area contributed by atoms with Gasteiger partial charge in [-0.25, -0.2) is 4.79 Å². The van der Waals surface area contributed by atoms with Crippen LogP contribution in [0.15, 0.2) is 27.5 Å². The summed E-state index contributed by atoms with van der Waals surface area (Å²) in [7, 11) is 0. The molecule has 2 aliphatic heterocycles. The highest BCUT2D eigenvalue weighted by atomic mass is 127. The van der Waals surface area contributed by atoms with Gasteiger partial charge in [0.25, 0.3) is 5.91 Å². The van der Waals surface area contributed by atoms with E-state index in [-0.39, 0.29) is 17.9 Å². The molecule has 2 atom stereocenters. The third kappa shape index (κ3) is 4.20. The number of esters is 1. The third-order valence-electron chi connectivity index (χ3n) is 3.98. The van der Waals surface area contributed by atoms with Crippen LogP contribution in [0, 0.1) is 0 Å². The first-order chi connectivity index (χ1) is 12.3. The number of halogens is 1. The summed E-state index contributed by atoms with van der Waals surface area (Å²) in [4.78, 5) is 26.7. The first-order valence-corrected chi connectivity index (χ1v) is 10.4. The lowest BCUT2D eigenvalue weighted by Crippen LogP contribution is -2.58. The van der Waals surface area contributed by atoms with Crippen molar-refractivity contribution in [3.05, 3.63) is 27.5 Å². The number of nitrogens with zero attached hydrogens (tertiary/aromatic N) is 1. The molecule has 0 unspecified atom stereocenters. The van der Waals surface area contributed by atoms with Gasteiger partial charge in [-0.1, -0.05) is 18.4 Å². The van der Waals surface area contributed by atoms with Crippen molar-refractivity contribution in [1.29, 1.82) is 0 Å². The van der Waals surface area contributed by atoms with Crippen molar-refractivity contribution in [2.45, 2.75) is 50.1 Å². The van der Waals surface area contributed by atoms with Crippen molar-refractivity contribution >= 4 is 46.2 Å². The van der Waals surface area contributed by atoms with Crippen LogP contribution in [0.1, 0.15) is 27.7 Å². The molecule has 0 radical (unpaired) electrons. The number of hydrogen-bond acceptors (Lipinski definition) is 6. The average Bonchev–Trinajstić information content (AvgIpc) is 2.85. The second kappa shape index (κ2) is 8.93. The van der Waals surface area contributed by atoms with Gasteiger partial charge in [0.2, 0.25) is 0 Å². The molecule has 8 heteroatoms. The molecule has 2 aliphatic rings. The maximum absolute atomic E-state index is 12.7. The fourth-order valence-electron chi connectivity index (χ4n) is 2.90. The lowest BCUT2D eigenvalue weighted by atomic mass is 9.96. The monoisotopic (exact) mass is 493 g/mol. The Morgan fingerprint density at radius 3 is 2.58 bits per heavy atom. The largest absolute Gasteiger partial charge is 0.460 e. The van der Waals surface area contributed by atoms with Crippen molar-refractivity contribution in [2.75, 3.05) is 19.8 Å². The average molecular weight is 493 g/mol. The van der Waals surface area contributed by atoms with E-state index in [4.69, 9.17) is 14.2 Å². The topological polar surface area (TPSA) is 65.1 Å². The zero-order valence-corrected chi connectivity index (χ0v) is 18.4. The maximum atomic E-state index is 12.7. The molecule has 2 rings (SSSR count). The number of thioether (sulfide) groups is 1. The third-order valence-corrected chi connectivity index (χ3v) is 6.28. The second-order valence-electron chi connectivity index (χ2n) is 6.24. The molecule has 0 N–H and O–H groups in total. The molecule has 0 aromatic heterocycles. The summed E-state index contributed by atoms with van der Waals surface area (Å²) in [6.45, 7) is 12.3. The van der Waals surface area contributed by atoms with Crippen LogP contribution in [0.4, 0.5) is 0 Å². The highest BCUT2D eigenvalue weighted by Gasteiger charge is 2.62. The van der Waals surface area contributed by atoms with E-state index in [1.165, 1.54) is 6.08 Å². The summed E-state index contributed by atoms with van der Waals surface area (Å²) in [5.74, 6) is -0.605. The summed E-state index contributed by atoms with van der Waals surface area (Å²) >= 11 is 3.64. The number of ether oxygens (including phenoxy) is 3. The van der Waals surface area contributed by atoms with E-state index in [9.17, 15) is 9.59 Å². The summed E-state index contributed by atoms with van der Waals surface area (Å²) in [6, 6.07) is -0.622. The first-order valence-electron chi connectivity index (χ1n) is 8.45. The minimum Gasteiger partial charge on any atom is -0.460 e. The predicted octanol–water partition coefficient (Wildman–Crippen LogP) is 3.02. The zero-order valence-electron chi connectivity index (χ0n) is 15.4. The van der Waals surface area contributed by atoms with E-state index in [0.29, 0.717) is 22.4 Å². The number of carbonyl (C=O) groups excluding carboxylic acids is 2. The van der Waals surface area contributed by atoms with Gasteiger partial charge in [0.1, 0.15) is 18.0 Å². The van der Waals surface area contributed by atoms with Crippen LogP contribution in [0.2, 0.25) is 0 Å². The van der Waals surface area contributed by atoms with Gasteiger partial charge in [0.15, 0.2) is 6.29 Å². The highest BCUT2D eigenvalue weighted by molar-refractivity contribution is 14.1. The number of hydrogen-bond donors (Lipinski definition) is 0. The molecule has 2 fully saturated rings. The molecule has 0 bridgehead atoms. The molecule has 26 heavy (non-hydrogen) atoms. The van der Waals surface area contributed by atoms with Gasteiger partial charge in [-0.3, -0.25) is 4.79 Å². The lowest BCUT2D eigenvalue weighted by Gasteiger charge is -2.38. The first kappa shape index (κ1) is 21.5. The summed E-state index contributed by atoms with van der Waals surface area (Å²) < 4.78 is 16.5. The van der Waals surface area contributed by atoms with Gasteiger partial charge in [-0.2, -0.15) is 0 Å². The Hall–Kier alpha value is -0.800.